The Kier molecular flexibility index (Phi) is 6.81. The summed E-state index contributed by atoms with van der Waals surface area (Å²) in [5.41, 5.74) is 11.1. The number of benzene rings is 2. The van der Waals surface area contributed by atoms with E-state index in [4.69, 9.17) is 17.3 Å². The van der Waals surface area contributed by atoms with Gasteiger partial charge in [-0.2, -0.15) is 0 Å². The third kappa shape index (κ3) is 5.21. The van der Waals surface area contributed by atoms with Crippen LogP contribution in [0, 0.1) is 17.7 Å². The fourth-order valence-corrected chi connectivity index (χ4v) is 4.48. The molecule has 1 aliphatic rings. The number of amides is 2. The third-order valence-electron chi connectivity index (χ3n) is 6.14. The van der Waals surface area contributed by atoms with Gasteiger partial charge in [0.2, 0.25) is 11.9 Å². The predicted molar refractivity (Wildman–Crippen MR) is 143 cm³/mol. The minimum absolute atomic E-state index is 0.0649. The van der Waals surface area contributed by atoms with Crippen LogP contribution in [-0.4, -0.2) is 32.9 Å². The number of carbonyl (C=O) groups is 2. The van der Waals surface area contributed by atoms with Crippen LogP contribution < -0.4 is 16.4 Å². The van der Waals surface area contributed by atoms with E-state index < -0.39 is 5.82 Å². The first-order valence-corrected chi connectivity index (χ1v) is 12.1. The van der Waals surface area contributed by atoms with Crippen LogP contribution in [0.2, 0.25) is 5.02 Å². The molecule has 1 aliphatic heterocycles. The number of hydrogen-bond donors (Lipinski definition) is 3. The number of halogens is 2. The summed E-state index contributed by atoms with van der Waals surface area (Å²) in [6.45, 7) is 0.577. The lowest BCUT2D eigenvalue weighted by Crippen LogP contribution is -2.31. The van der Waals surface area contributed by atoms with Gasteiger partial charge in [-0.25, -0.2) is 14.4 Å². The SMILES string of the molecule is Cn1c(-c2nc(N)ncc2C#Cc2cccc(CC(=O)Nc3ccc(F)c(Cl)c3)c2)cc2c1CCNC2=O. The lowest BCUT2D eigenvalue weighted by atomic mass is 10.1. The van der Waals surface area contributed by atoms with Crippen molar-refractivity contribution in [2.75, 3.05) is 17.6 Å². The molecule has 3 heterocycles. The zero-order valence-corrected chi connectivity index (χ0v) is 21.1. The normalized spacial score (nSPS) is 12.2. The number of carbonyl (C=O) groups excluding carboxylic acids is 2. The number of nitrogens with one attached hydrogen (secondary N) is 2. The van der Waals surface area contributed by atoms with E-state index in [-0.39, 0.29) is 29.2 Å². The van der Waals surface area contributed by atoms with Gasteiger partial charge >= 0.3 is 0 Å². The molecule has 2 aromatic heterocycles. The van der Waals surface area contributed by atoms with Gasteiger partial charge in [0.25, 0.3) is 5.91 Å². The van der Waals surface area contributed by atoms with Gasteiger partial charge in [-0.15, -0.1) is 0 Å². The molecular weight excluding hydrogens is 507 g/mol. The summed E-state index contributed by atoms with van der Waals surface area (Å²) in [6.07, 6.45) is 2.37. The average molecular weight is 529 g/mol. The number of nitrogens with two attached hydrogens (primary N) is 1. The molecule has 0 bridgehead atoms. The third-order valence-corrected chi connectivity index (χ3v) is 6.43. The molecule has 4 N–H and O–H groups in total. The van der Waals surface area contributed by atoms with E-state index in [0.717, 1.165) is 17.0 Å². The molecule has 0 radical (unpaired) electrons. The Labute approximate surface area is 223 Å². The molecule has 38 heavy (non-hydrogen) atoms. The Bertz CT molecular complexity index is 1650. The maximum Gasteiger partial charge on any atom is 0.253 e. The summed E-state index contributed by atoms with van der Waals surface area (Å²) in [5, 5.41) is 5.50. The first kappa shape index (κ1) is 25.0. The molecule has 4 aromatic rings. The molecule has 190 valence electrons. The lowest BCUT2D eigenvalue weighted by Gasteiger charge is -2.14. The second-order valence-corrected chi connectivity index (χ2v) is 9.16. The van der Waals surface area contributed by atoms with Gasteiger partial charge in [0.1, 0.15) is 11.5 Å². The number of nitrogens with zero attached hydrogens (tertiary/aromatic N) is 3. The van der Waals surface area contributed by atoms with E-state index in [1.54, 1.807) is 12.3 Å². The van der Waals surface area contributed by atoms with Crippen LogP contribution in [-0.2, 0) is 24.7 Å². The van der Waals surface area contributed by atoms with E-state index >= 15 is 0 Å². The molecule has 5 rings (SSSR count). The van der Waals surface area contributed by atoms with Crippen LogP contribution in [0.15, 0.2) is 54.7 Å². The number of hydrogen-bond acceptors (Lipinski definition) is 5. The first-order chi connectivity index (χ1) is 18.3. The van der Waals surface area contributed by atoms with Gasteiger partial charge in [0, 0.05) is 43.2 Å². The summed E-state index contributed by atoms with van der Waals surface area (Å²) in [5.74, 6) is 5.37. The summed E-state index contributed by atoms with van der Waals surface area (Å²) < 4.78 is 15.3. The molecular formula is C28H22ClFN6O2. The smallest absolute Gasteiger partial charge is 0.253 e. The largest absolute Gasteiger partial charge is 0.368 e. The quantitative estimate of drug-likeness (QED) is 0.349. The Morgan fingerprint density at radius 1 is 1.24 bits per heavy atom. The number of fused-ring (bicyclic) bond motifs is 1. The molecule has 0 saturated carbocycles. The van der Waals surface area contributed by atoms with Crippen molar-refractivity contribution >= 4 is 35.1 Å². The number of nitrogen functional groups attached to an aromatic ring is 1. The standard InChI is InChI=1S/C28H22ClFN6O2/c1-36-23-9-10-32-27(38)20(23)14-24(36)26-18(15-33-28(31)35-26)6-5-16-3-2-4-17(11-16)12-25(37)34-19-7-8-22(30)21(29)13-19/h2-4,7-8,11,13-15H,9-10,12H2,1H3,(H,32,38)(H,34,37)(H2,31,33,35). The fourth-order valence-electron chi connectivity index (χ4n) is 4.30. The monoisotopic (exact) mass is 528 g/mol. The van der Waals surface area contributed by atoms with E-state index in [2.05, 4.69) is 32.4 Å². The number of aromatic nitrogens is 3. The highest BCUT2D eigenvalue weighted by atomic mass is 35.5. The molecule has 8 nitrogen and oxygen atoms in total. The Hall–Kier alpha value is -4.68. The molecule has 0 atom stereocenters. The summed E-state index contributed by atoms with van der Waals surface area (Å²) in [4.78, 5) is 33.3. The Morgan fingerprint density at radius 2 is 2.08 bits per heavy atom. The van der Waals surface area contributed by atoms with Crippen molar-refractivity contribution in [3.8, 4) is 23.2 Å². The van der Waals surface area contributed by atoms with Gasteiger partial charge in [-0.05, 0) is 42.0 Å². The van der Waals surface area contributed by atoms with Crippen molar-refractivity contribution in [3.05, 3.63) is 93.5 Å². The number of anilines is 2. The lowest BCUT2D eigenvalue weighted by molar-refractivity contribution is -0.115. The van der Waals surface area contributed by atoms with Crippen molar-refractivity contribution in [1.82, 2.24) is 19.9 Å². The van der Waals surface area contributed by atoms with Crippen LogP contribution >= 0.6 is 11.6 Å². The Morgan fingerprint density at radius 3 is 2.87 bits per heavy atom. The van der Waals surface area contributed by atoms with E-state index in [1.165, 1.54) is 18.2 Å². The van der Waals surface area contributed by atoms with Gasteiger partial charge < -0.3 is 20.9 Å². The van der Waals surface area contributed by atoms with Gasteiger partial charge in [-0.3, -0.25) is 9.59 Å². The van der Waals surface area contributed by atoms with Gasteiger partial charge in [0.05, 0.1) is 28.3 Å². The fraction of sp³-hybridized carbons (Fsp3) is 0.143. The highest BCUT2D eigenvalue weighted by Gasteiger charge is 2.24. The highest BCUT2D eigenvalue weighted by Crippen LogP contribution is 2.28. The molecule has 0 unspecified atom stereocenters. The summed E-state index contributed by atoms with van der Waals surface area (Å²) in [7, 11) is 1.89. The summed E-state index contributed by atoms with van der Waals surface area (Å²) in [6, 6.07) is 13.1. The highest BCUT2D eigenvalue weighted by molar-refractivity contribution is 6.31. The molecule has 10 heteroatoms. The van der Waals surface area contributed by atoms with Crippen molar-refractivity contribution in [2.24, 2.45) is 7.05 Å². The van der Waals surface area contributed by atoms with Crippen molar-refractivity contribution in [2.45, 2.75) is 12.8 Å². The van der Waals surface area contributed by atoms with E-state index in [0.29, 0.717) is 41.0 Å². The maximum atomic E-state index is 13.4. The summed E-state index contributed by atoms with van der Waals surface area (Å²) >= 11 is 5.79. The minimum atomic E-state index is -0.553. The molecule has 2 aromatic carbocycles. The number of rotatable bonds is 4. The van der Waals surface area contributed by atoms with Crippen LogP contribution in [0.5, 0.6) is 0 Å². The van der Waals surface area contributed by atoms with Gasteiger partial charge in [0.15, 0.2) is 0 Å². The molecule has 0 spiro atoms. The molecule has 0 saturated heterocycles. The minimum Gasteiger partial charge on any atom is -0.368 e. The van der Waals surface area contributed by atoms with Crippen LogP contribution in [0.3, 0.4) is 0 Å². The van der Waals surface area contributed by atoms with Crippen molar-refractivity contribution in [1.29, 1.82) is 0 Å². The van der Waals surface area contributed by atoms with E-state index in [9.17, 15) is 14.0 Å². The van der Waals surface area contributed by atoms with Crippen LogP contribution in [0.1, 0.15) is 32.7 Å². The van der Waals surface area contributed by atoms with Crippen LogP contribution in [0.25, 0.3) is 11.4 Å². The van der Waals surface area contributed by atoms with Gasteiger partial charge in [-0.1, -0.05) is 35.6 Å². The molecule has 0 aliphatic carbocycles. The second kappa shape index (κ2) is 10.4. The van der Waals surface area contributed by atoms with Crippen molar-refractivity contribution < 1.29 is 14.0 Å². The van der Waals surface area contributed by atoms with E-state index in [1.807, 2.05) is 35.9 Å². The molecule has 0 fully saturated rings. The second-order valence-electron chi connectivity index (χ2n) is 8.75. The molecule has 2 amide bonds. The first-order valence-electron chi connectivity index (χ1n) is 11.7. The van der Waals surface area contributed by atoms with Crippen LogP contribution in [0.4, 0.5) is 16.0 Å². The topological polar surface area (TPSA) is 115 Å². The zero-order chi connectivity index (χ0) is 26.8. The zero-order valence-electron chi connectivity index (χ0n) is 20.3. The Balaban J connectivity index is 1.39. The van der Waals surface area contributed by atoms with Crippen molar-refractivity contribution in [3.63, 3.8) is 0 Å². The average Bonchev–Trinajstić information content (AvgIpc) is 3.23. The predicted octanol–water partition coefficient (Wildman–Crippen LogP) is 3.72. The maximum absolute atomic E-state index is 13.4.